The van der Waals surface area contributed by atoms with Gasteiger partial charge in [0, 0.05) is 31.7 Å². The van der Waals surface area contributed by atoms with Crippen molar-refractivity contribution in [1.29, 1.82) is 0 Å². The maximum atomic E-state index is 13.2. The summed E-state index contributed by atoms with van der Waals surface area (Å²) in [6.07, 6.45) is 0. The molecule has 2 aromatic carbocycles. The molecule has 1 amide bonds. The van der Waals surface area contributed by atoms with Gasteiger partial charge in [-0.25, -0.2) is 0 Å². The van der Waals surface area contributed by atoms with Gasteiger partial charge in [-0.2, -0.15) is 0 Å². The Morgan fingerprint density at radius 2 is 1.74 bits per heavy atom. The Morgan fingerprint density at radius 3 is 2.50 bits per heavy atom. The van der Waals surface area contributed by atoms with Crippen LogP contribution in [-0.2, 0) is 14.3 Å². The number of likely N-dealkylation sites (tertiary alicyclic amines) is 1. The molecule has 0 aliphatic carbocycles. The number of hydrogen-bond acceptors (Lipinski definition) is 7. The maximum absolute atomic E-state index is 13.2. The lowest BCUT2D eigenvalue weighted by atomic mass is 9.95. The number of hydrogen-bond donors (Lipinski definition) is 1. The second-order valence-corrected chi connectivity index (χ2v) is 9.00. The van der Waals surface area contributed by atoms with Gasteiger partial charge in [0.1, 0.15) is 5.76 Å². The summed E-state index contributed by atoms with van der Waals surface area (Å²) in [4.78, 5) is 30.0. The van der Waals surface area contributed by atoms with Crippen LogP contribution in [0.15, 0.2) is 42.0 Å². The first-order valence-corrected chi connectivity index (χ1v) is 11.6. The number of benzene rings is 2. The number of rotatable bonds is 5. The third-order valence-electron chi connectivity index (χ3n) is 6.21. The molecule has 178 valence electrons. The maximum Gasteiger partial charge on any atom is 0.295 e. The van der Waals surface area contributed by atoms with Crippen molar-refractivity contribution in [2.45, 2.75) is 6.04 Å². The van der Waals surface area contributed by atoms with E-state index in [1.54, 1.807) is 36.4 Å². The van der Waals surface area contributed by atoms with Crippen LogP contribution in [0.1, 0.15) is 17.2 Å². The first kappa shape index (κ1) is 23.0. The number of carbonyl (C=O) groups is 2. The predicted octanol–water partition coefficient (Wildman–Crippen LogP) is 3.48. The van der Waals surface area contributed by atoms with Crippen molar-refractivity contribution < 1.29 is 28.9 Å². The van der Waals surface area contributed by atoms with Gasteiger partial charge >= 0.3 is 0 Å². The molecule has 3 aliphatic heterocycles. The van der Waals surface area contributed by atoms with E-state index in [4.69, 9.17) is 37.4 Å². The van der Waals surface area contributed by atoms with Crippen LogP contribution in [0.25, 0.3) is 5.76 Å². The van der Waals surface area contributed by atoms with E-state index >= 15 is 0 Å². The minimum Gasteiger partial charge on any atom is -0.507 e. The number of aliphatic hydroxyl groups excluding tert-OH is 1. The molecular weight excluding hydrogens is 483 g/mol. The average molecular weight is 505 g/mol. The third kappa shape index (κ3) is 4.22. The molecule has 34 heavy (non-hydrogen) atoms. The first-order chi connectivity index (χ1) is 16.4. The second kappa shape index (κ2) is 9.46. The fourth-order valence-electron chi connectivity index (χ4n) is 4.41. The molecule has 1 atom stereocenters. The Morgan fingerprint density at radius 1 is 0.971 bits per heavy atom. The minimum absolute atomic E-state index is 0.00997. The van der Waals surface area contributed by atoms with Gasteiger partial charge in [-0.3, -0.25) is 14.5 Å². The number of ether oxygens (including phenoxy) is 3. The van der Waals surface area contributed by atoms with Crippen LogP contribution >= 0.6 is 23.2 Å². The summed E-state index contributed by atoms with van der Waals surface area (Å²) >= 11 is 12.4. The number of amides is 1. The van der Waals surface area contributed by atoms with E-state index in [9.17, 15) is 14.7 Å². The van der Waals surface area contributed by atoms with E-state index in [0.717, 1.165) is 13.1 Å². The lowest BCUT2D eigenvalue weighted by molar-refractivity contribution is -0.140. The zero-order valence-electron chi connectivity index (χ0n) is 18.1. The molecule has 0 unspecified atom stereocenters. The Hall–Kier alpha value is -2.78. The first-order valence-electron chi connectivity index (χ1n) is 10.9. The van der Waals surface area contributed by atoms with Gasteiger partial charge in [-0.1, -0.05) is 29.3 Å². The average Bonchev–Trinajstić information content (AvgIpc) is 3.42. The van der Waals surface area contributed by atoms with Crippen molar-refractivity contribution >= 4 is 40.7 Å². The molecule has 2 saturated heterocycles. The molecule has 3 aliphatic rings. The number of fused-ring (bicyclic) bond motifs is 1. The number of halogens is 2. The van der Waals surface area contributed by atoms with Crippen molar-refractivity contribution in [3.63, 3.8) is 0 Å². The Labute approximate surface area is 206 Å². The molecule has 1 N–H and O–H groups in total. The highest BCUT2D eigenvalue weighted by Crippen LogP contribution is 2.42. The molecule has 5 rings (SSSR count). The highest BCUT2D eigenvalue weighted by Gasteiger charge is 2.46. The van der Waals surface area contributed by atoms with Gasteiger partial charge in [0.15, 0.2) is 11.5 Å². The Kier molecular flexibility index (Phi) is 6.40. The highest BCUT2D eigenvalue weighted by molar-refractivity contribution is 6.46. The molecular formula is C24H22Cl2N2O6. The quantitative estimate of drug-likeness (QED) is 0.378. The largest absolute Gasteiger partial charge is 0.507 e. The summed E-state index contributed by atoms with van der Waals surface area (Å²) in [6, 6.07) is 8.98. The smallest absolute Gasteiger partial charge is 0.295 e. The number of nitrogens with zero attached hydrogens (tertiary/aromatic N) is 2. The van der Waals surface area contributed by atoms with Crippen molar-refractivity contribution in [3.8, 4) is 11.5 Å². The molecule has 0 spiro atoms. The van der Waals surface area contributed by atoms with E-state index in [1.807, 2.05) is 0 Å². The lowest BCUT2D eigenvalue weighted by Gasteiger charge is -2.31. The standard InChI is InChI=1S/C24H22Cl2N2O6/c25-16-3-1-14(11-17(16)26)21-20(22(29)15-2-4-18-19(12-15)34-13-33-18)23(30)24(31)28(21)6-5-27-7-9-32-10-8-27/h1-4,11-12,21,29H,5-10,13H2/t21-/m0/s1. The summed E-state index contributed by atoms with van der Waals surface area (Å²) in [6.45, 7) is 3.69. The van der Waals surface area contributed by atoms with Gasteiger partial charge in [-0.15, -0.1) is 0 Å². The van der Waals surface area contributed by atoms with E-state index in [-0.39, 0.29) is 18.1 Å². The monoisotopic (exact) mass is 504 g/mol. The molecule has 0 saturated carbocycles. The van der Waals surface area contributed by atoms with Gasteiger partial charge in [-0.05, 0) is 35.9 Å². The fourth-order valence-corrected chi connectivity index (χ4v) is 4.72. The van der Waals surface area contributed by atoms with Gasteiger partial charge in [0.25, 0.3) is 11.7 Å². The number of ketones is 1. The van der Waals surface area contributed by atoms with Crippen molar-refractivity contribution in [2.24, 2.45) is 0 Å². The van der Waals surface area contributed by atoms with Crippen molar-refractivity contribution in [3.05, 3.63) is 63.1 Å². The van der Waals surface area contributed by atoms with Crippen LogP contribution in [-0.4, -0.2) is 72.8 Å². The van der Waals surface area contributed by atoms with Crippen LogP contribution in [0.5, 0.6) is 11.5 Å². The topological polar surface area (TPSA) is 88.5 Å². The predicted molar refractivity (Wildman–Crippen MR) is 125 cm³/mol. The van der Waals surface area contributed by atoms with Crippen LogP contribution < -0.4 is 9.47 Å². The van der Waals surface area contributed by atoms with Crippen molar-refractivity contribution in [1.82, 2.24) is 9.80 Å². The van der Waals surface area contributed by atoms with Crippen molar-refractivity contribution in [2.75, 3.05) is 46.2 Å². The molecule has 10 heteroatoms. The molecule has 2 fully saturated rings. The summed E-state index contributed by atoms with van der Waals surface area (Å²) in [5, 5.41) is 11.9. The fraction of sp³-hybridized carbons (Fsp3) is 0.333. The summed E-state index contributed by atoms with van der Waals surface area (Å²) in [5.74, 6) is -0.721. The number of morpholine rings is 1. The Bertz CT molecular complexity index is 1180. The zero-order chi connectivity index (χ0) is 23.8. The van der Waals surface area contributed by atoms with E-state index in [1.165, 1.54) is 4.90 Å². The van der Waals surface area contributed by atoms with Crippen LogP contribution in [0.4, 0.5) is 0 Å². The minimum atomic E-state index is -0.818. The molecule has 0 radical (unpaired) electrons. The van der Waals surface area contributed by atoms with Crippen LogP contribution in [0, 0.1) is 0 Å². The normalized spacial score (nSPS) is 21.9. The van der Waals surface area contributed by atoms with Crippen LogP contribution in [0.2, 0.25) is 10.0 Å². The van der Waals surface area contributed by atoms with Gasteiger partial charge in [0.05, 0.1) is 34.9 Å². The molecule has 2 aromatic rings. The third-order valence-corrected chi connectivity index (χ3v) is 6.95. The zero-order valence-corrected chi connectivity index (χ0v) is 19.6. The van der Waals surface area contributed by atoms with Gasteiger partial charge < -0.3 is 24.2 Å². The lowest BCUT2D eigenvalue weighted by Crippen LogP contribution is -2.42. The second-order valence-electron chi connectivity index (χ2n) is 8.19. The molecule has 3 heterocycles. The van der Waals surface area contributed by atoms with E-state index in [0.29, 0.717) is 59.0 Å². The van der Waals surface area contributed by atoms with Gasteiger partial charge in [0.2, 0.25) is 6.79 Å². The van der Waals surface area contributed by atoms with Crippen LogP contribution in [0.3, 0.4) is 0 Å². The number of carbonyl (C=O) groups excluding carboxylic acids is 2. The summed E-state index contributed by atoms with van der Waals surface area (Å²) in [5.41, 5.74) is 0.919. The summed E-state index contributed by atoms with van der Waals surface area (Å²) in [7, 11) is 0. The Balaban J connectivity index is 1.55. The number of aliphatic hydroxyl groups is 1. The summed E-state index contributed by atoms with van der Waals surface area (Å²) < 4.78 is 16.1. The molecule has 8 nitrogen and oxygen atoms in total. The molecule has 0 bridgehead atoms. The number of Topliss-reactive ketones (excluding diaryl/α,β-unsaturated/α-hetero) is 1. The highest BCUT2D eigenvalue weighted by atomic mass is 35.5. The van der Waals surface area contributed by atoms with E-state index < -0.39 is 17.7 Å². The molecule has 0 aromatic heterocycles. The van der Waals surface area contributed by atoms with E-state index in [2.05, 4.69) is 4.90 Å². The SMILES string of the molecule is O=C1C(=O)N(CCN2CCOCC2)[C@@H](c2ccc(Cl)c(Cl)c2)C1=C(O)c1ccc2c(c1)OCO2.